The number of nitrogens with zero attached hydrogens (tertiary/aromatic N) is 1. The third kappa shape index (κ3) is 5.41. The van der Waals surface area contributed by atoms with Gasteiger partial charge in [0.25, 0.3) is 0 Å². The zero-order chi connectivity index (χ0) is 13.3. The standard InChI is InChI=1S/C15H17BrN2O/c16-13-7-8-14(18-11-13)12-17-9-4-10-19-15-5-2-1-3-6-15/h1-3,5-8,11,17H,4,9-10,12H2. The molecule has 1 N–H and O–H groups in total. The largest absolute Gasteiger partial charge is 0.494 e. The van der Waals surface area contributed by atoms with Gasteiger partial charge in [-0.25, -0.2) is 0 Å². The number of nitrogens with one attached hydrogen (secondary N) is 1. The molecule has 0 aliphatic rings. The fourth-order valence-corrected chi connectivity index (χ4v) is 1.87. The Morgan fingerprint density at radius 3 is 2.68 bits per heavy atom. The van der Waals surface area contributed by atoms with Crippen molar-refractivity contribution in [1.82, 2.24) is 10.3 Å². The van der Waals surface area contributed by atoms with Crippen LogP contribution in [0.5, 0.6) is 5.75 Å². The predicted octanol–water partition coefficient (Wildman–Crippen LogP) is 3.40. The first-order valence-corrected chi connectivity index (χ1v) is 7.13. The van der Waals surface area contributed by atoms with Crippen LogP contribution in [0, 0.1) is 0 Å². The second kappa shape index (κ2) is 7.92. The maximum atomic E-state index is 5.61. The minimum atomic E-state index is 0.727. The lowest BCUT2D eigenvalue weighted by Crippen LogP contribution is -2.17. The van der Waals surface area contributed by atoms with Gasteiger partial charge in [-0.15, -0.1) is 0 Å². The van der Waals surface area contributed by atoms with Crippen molar-refractivity contribution in [3.63, 3.8) is 0 Å². The summed E-state index contributed by atoms with van der Waals surface area (Å²) in [5, 5.41) is 3.35. The van der Waals surface area contributed by atoms with Gasteiger partial charge < -0.3 is 10.1 Å². The molecule has 19 heavy (non-hydrogen) atoms. The summed E-state index contributed by atoms with van der Waals surface area (Å²) in [5.41, 5.74) is 1.05. The Kier molecular flexibility index (Phi) is 5.85. The van der Waals surface area contributed by atoms with Gasteiger partial charge in [-0.2, -0.15) is 0 Å². The van der Waals surface area contributed by atoms with E-state index in [-0.39, 0.29) is 0 Å². The zero-order valence-electron chi connectivity index (χ0n) is 10.7. The molecule has 0 bridgehead atoms. The SMILES string of the molecule is Brc1ccc(CNCCCOc2ccccc2)nc1. The highest BCUT2D eigenvalue weighted by Crippen LogP contribution is 2.08. The summed E-state index contributed by atoms with van der Waals surface area (Å²) in [6.07, 6.45) is 2.79. The molecular weight excluding hydrogens is 304 g/mol. The van der Waals surface area contributed by atoms with Crippen LogP contribution in [0.4, 0.5) is 0 Å². The number of hydrogen-bond acceptors (Lipinski definition) is 3. The lowest BCUT2D eigenvalue weighted by atomic mass is 10.3. The Morgan fingerprint density at radius 2 is 1.95 bits per heavy atom. The molecule has 0 radical (unpaired) electrons. The van der Waals surface area contributed by atoms with Crippen LogP contribution in [0.2, 0.25) is 0 Å². The average Bonchev–Trinajstić information content (AvgIpc) is 2.46. The molecule has 0 spiro atoms. The number of rotatable bonds is 7. The number of benzene rings is 1. The molecule has 3 nitrogen and oxygen atoms in total. The van der Waals surface area contributed by atoms with Gasteiger partial charge in [0.15, 0.2) is 0 Å². The lowest BCUT2D eigenvalue weighted by Gasteiger charge is -2.07. The van der Waals surface area contributed by atoms with E-state index in [4.69, 9.17) is 4.74 Å². The van der Waals surface area contributed by atoms with Crippen LogP contribution in [0.3, 0.4) is 0 Å². The first-order chi connectivity index (χ1) is 9.34. The van der Waals surface area contributed by atoms with Gasteiger partial charge in [0.2, 0.25) is 0 Å². The molecule has 0 atom stereocenters. The van der Waals surface area contributed by atoms with E-state index >= 15 is 0 Å². The first kappa shape index (κ1) is 14.0. The molecule has 0 saturated carbocycles. The maximum absolute atomic E-state index is 5.61. The Morgan fingerprint density at radius 1 is 1.11 bits per heavy atom. The molecule has 4 heteroatoms. The Labute approximate surface area is 122 Å². The van der Waals surface area contributed by atoms with Gasteiger partial charge in [0, 0.05) is 17.2 Å². The van der Waals surface area contributed by atoms with Gasteiger partial charge in [-0.05, 0) is 53.2 Å². The maximum Gasteiger partial charge on any atom is 0.119 e. The first-order valence-electron chi connectivity index (χ1n) is 6.33. The highest BCUT2D eigenvalue weighted by molar-refractivity contribution is 9.10. The van der Waals surface area contributed by atoms with E-state index in [1.54, 1.807) is 0 Å². The molecule has 0 fully saturated rings. The van der Waals surface area contributed by atoms with Crippen molar-refractivity contribution in [3.8, 4) is 5.75 Å². The second-order valence-electron chi connectivity index (χ2n) is 4.16. The molecule has 2 aromatic rings. The molecule has 0 unspecified atom stereocenters. The summed E-state index contributed by atoms with van der Waals surface area (Å²) in [6.45, 7) is 2.44. The van der Waals surface area contributed by atoms with Gasteiger partial charge in [-0.3, -0.25) is 4.98 Å². The van der Waals surface area contributed by atoms with Gasteiger partial charge >= 0.3 is 0 Å². The number of aromatic nitrogens is 1. The van der Waals surface area contributed by atoms with Gasteiger partial charge in [-0.1, -0.05) is 18.2 Å². The Hall–Kier alpha value is -1.39. The van der Waals surface area contributed by atoms with Crippen LogP contribution in [-0.2, 0) is 6.54 Å². The third-order valence-corrected chi connectivity index (χ3v) is 3.07. The quantitative estimate of drug-likeness (QED) is 0.794. The molecular formula is C15H17BrN2O. The summed E-state index contributed by atoms with van der Waals surface area (Å²) < 4.78 is 6.62. The molecule has 1 aromatic carbocycles. The molecule has 1 aromatic heterocycles. The summed E-state index contributed by atoms with van der Waals surface area (Å²) in [5.74, 6) is 0.928. The number of ether oxygens (including phenoxy) is 1. The molecule has 0 aliphatic heterocycles. The highest BCUT2D eigenvalue weighted by Gasteiger charge is 1.95. The molecule has 2 rings (SSSR count). The molecule has 0 amide bonds. The highest BCUT2D eigenvalue weighted by atomic mass is 79.9. The van der Waals surface area contributed by atoms with E-state index < -0.39 is 0 Å². The number of pyridine rings is 1. The fraction of sp³-hybridized carbons (Fsp3) is 0.267. The summed E-state index contributed by atoms with van der Waals surface area (Å²) in [6, 6.07) is 13.9. The smallest absolute Gasteiger partial charge is 0.119 e. The lowest BCUT2D eigenvalue weighted by molar-refractivity contribution is 0.308. The van der Waals surface area contributed by atoms with Gasteiger partial charge in [0.1, 0.15) is 5.75 Å². The van der Waals surface area contributed by atoms with Crippen LogP contribution >= 0.6 is 15.9 Å². The van der Waals surface area contributed by atoms with Crippen molar-refractivity contribution in [3.05, 3.63) is 58.8 Å². The van der Waals surface area contributed by atoms with Crippen molar-refractivity contribution in [1.29, 1.82) is 0 Å². The predicted molar refractivity (Wildman–Crippen MR) is 80.2 cm³/mol. The number of para-hydroxylation sites is 1. The van der Waals surface area contributed by atoms with Crippen molar-refractivity contribution >= 4 is 15.9 Å². The fourth-order valence-electron chi connectivity index (χ4n) is 1.63. The Bertz CT molecular complexity index is 473. The topological polar surface area (TPSA) is 34.1 Å². The monoisotopic (exact) mass is 320 g/mol. The van der Waals surface area contributed by atoms with Crippen LogP contribution in [0.25, 0.3) is 0 Å². The molecule has 100 valence electrons. The van der Waals surface area contributed by atoms with Crippen molar-refractivity contribution < 1.29 is 4.74 Å². The van der Waals surface area contributed by atoms with Crippen LogP contribution in [0.1, 0.15) is 12.1 Å². The normalized spacial score (nSPS) is 10.4. The Balaban J connectivity index is 1.56. The van der Waals surface area contributed by atoms with Crippen LogP contribution < -0.4 is 10.1 Å². The van der Waals surface area contributed by atoms with Crippen molar-refractivity contribution in [2.75, 3.05) is 13.2 Å². The van der Waals surface area contributed by atoms with Crippen LogP contribution in [0.15, 0.2) is 53.1 Å². The van der Waals surface area contributed by atoms with Crippen LogP contribution in [-0.4, -0.2) is 18.1 Å². The number of hydrogen-bond donors (Lipinski definition) is 1. The second-order valence-corrected chi connectivity index (χ2v) is 5.08. The average molecular weight is 321 g/mol. The van der Waals surface area contributed by atoms with E-state index in [2.05, 4.69) is 26.2 Å². The van der Waals surface area contributed by atoms with E-state index in [1.165, 1.54) is 0 Å². The van der Waals surface area contributed by atoms with Crippen molar-refractivity contribution in [2.45, 2.75) is 13.0 Å². The summed E-state index contributed by atoms with van der Waals surface area (Å²) >= 11 is 3.37. The van der Waals surface area contributed by atoms with E-state index in [0.717, 1.165) is 42.0 Å². The molecule has 1 heterocycles. The minimum Gasteiger partial charge on any atom is -0.494 e. The van der Waals surface area contributed by atoms with E-state index in [0.29, 0.717) is 0 Å². The van der Waals surface area contributed by atoms with Crippen molar-refractivity contribution in [2.24, 2.45) is 0 Å². The van der Waals surface area contributed by atoms with E-state index in [1.807, 2.05) is 48.7 Å². The summed E-state index contributed by atoms with van der Waals surface area (Å²) in [7, 11) is 0. The summed E-state index contributed by atoms with van der Waals surface area (Å²) in [4.78, 5) is 4.30. The number of halogens is 1. The minimum absolute atomic E-state index is 0.727. The van der Waals surface area contributed by atoms with Gasteiger partial charge in [0.05, 0.1) is 12.3 Å². The van der Waals surface area contributed by atoms with E-state index in [9.17, 15) is 0 Å². The molecule has 0 aliphatic carbocycles. The third-order valence-electron chi connectivity index (χ3n) is 2.60. The molecule has 0 saturated heterocycles. The zero-order valence-corrected chi connectivity index (χ0v) is 12.3.